The summed E-state index contributed by atoms with van der Waals surface area (Å²) >= 11 is 0. The first kappa shape index (κ1) is 15.8. The molecule has 0 unspecified atom stereocenters. The van der Waals surface area contributed by atoms with E-state index >= 15 is 0 Å². The van der Waals surface area contributed by atoms with Crippen LogP contribution in [0.15, 0.2) is 24.5 Å². The molecule has 8 heteroatoms. The molecule has 0 radical (unpaired) electrons. The standard InChI is InChI=1S/C11H14N2O5.ClH/c12-10(17)6-2-1-3-13(4-6)11-9(16)8(15)7(5-14)18-11;/h1-4,7-9,11,14-16H,5H2,(H-,12,17);1H/t7-,8-,9-,11+;/m1./s1. The second-order valence-electron chi connectivity index (χ2n) is 4.13. The third kappa shape index (κ3) is 3.02. The highest BCUT2D eigenvalue weighted by Gasteiger charge is 2.47. The lowest BCUT2D eigenvalue weighted by Gasteiger charge is -2.09. The van der Waals surface area contributed by atoms with E-state index < -0.39 is 37.1 Å². The summed E-state index contributed by atoms with van der Waals surface area (Å²) in [7, 11) is 0. The number of carbonyl (C=O) groups is 1. The van der Waals surface area contributed by atoms with Gasteiger partial charge in [0, 0.05) is 6.07 Å². The van der Waals surface area contributed by atoms with Crippen molar-refractivity contribution in [2.45, 2.75) is 24.5 Å². The summed E-state index contributed by atoms with van der Waals surface area (Å²) in [6.07, 6.45) is -1.08. The van der Waals surface area contributed by atoms with Crippen LogP contribution in [0.4, 0.5) is 0 Å². The summed E-state index contributed by atoms with van der Waals surface area (Å²) in [5.41, 5.74) is 5.41. The molecule has 2 heterocycles. The number of carbonyl (C=O) groups excluding carboxylic acids is 1. The van der Waals surface area contributed by atoms with Crippen LogP contribution in [-0.4, -0.2) is 46.1 Å². The number of hydrogen-bond donors (Lipinski definition) is 4. The monoisotopic (exact) mass is 290 g/mol. The molecule has 2 rings (SSSR count). The number of amides is 1. The maximum atomic E-state index is 11.1. The van der Waals surface area contributed by atoms with Crippen LogP contribution in [0.2, 0.25) is 0 Å². The van der Waals surface area contributed by atoms with Crippen molar-refractivity contribution in [1.29, 1.82) is 0 Å². The molecule has 7 nitrogen and oxygen atoms in total. The van der Waals surface area contributed by atoms with Crippen LogP contribution < -0.4 is 22.7 Å². The Balaban J connectivity index is 0.00000180. The summed E-state index contributed by atoms with van der Waals surface area (Å²) in [4.78, 5) is 11.1. The number of aliphatic hydroxyl groups excluding tert-OH is 3. The molecule has 1 aromatic rings. The minimum atomic E-state index is -1.18. The van der Waals surface area contributed by atoms with Crippen LogP contribution in [0.25, 0.3) is 0 Å². The Bertz CT molecular complexity index is 458. The van der Waals surface area contributed by atoms with Crippen molar-refractivity contribution in [1.82, 2.24) is 0 Å². The molecule has 1 aliphatic heterocycles. The first-order valence-electron chi connectivity index (χ1n) is 5.47. The highest BCUT2D eigenvalue weighted by Crippen LogP contribution is 2.24. The number of nitrogens with two attached hydrogens (primary N) is 1. The SMILES string of the molecule is NC(=O)c1ccc[n+]([C@H]2O[C@H](CO)[C@@H](O)[C@H]2O)c1.[Cl-]. The number of halogens is 1. The van der Waals surface area contributed by atoms with Gasteiger partial charge in [-0.05, 0) is 6.07 Å². The topological polar surface area (TPSA) is 117 Å². The summed E-state index contributed by atoms with van der Waals surface area (Å²) in [6, 6.07) is 3.11. The fraction of sp³-hybridized carbons (Fsp3) is 0.455. The molecule has 1 aromatic heterocycles. The number of aliphatic hydroxyl groups is 3. The van der Waals surface area contributed by atoms with E-state index in [2.05, 4.69) is 0 Å². The maximum absolute atomic E-state index is 11.1. The Hall–Kier alpha value is -1.25. The highest BCUT2D eigenvalue weighted by molar-refractivity contribution is 5.92. The Kier molecular flexibility index (Phi) is 5.21. The first-order chi connectivity index (χ1) is 8.54. The quantitative estimate of drug-likeness (QED) is 0.415. The van der Waals surface area contributed by atoms with Gasteiger partial charge in [-0.2, -0.15) is 4.57 Å². The number of hydrogen-bond acceptors (Lipinski definition) is 5. The smallest absolute Gasteiger partial charge is 0.292 e. The molecule has 4 atom stereocenters. The Morgan fingerprint density at radius 1 is 1.42 bits per heavy atom. The van der Waals surface area contributed by atoms with Gasteiger partial charge < -0.3 is 38.2 Å². The molecule has 1 fully saturated rings. The van der Waals surface area contributed by atoms with Crippen LogP contribution >= 0.6 is 0 Å². The maximum Gasteiger partial charge on any atom is 0.292 e. The van der Waals surface area contributed by atoms with Crippen molar-refractivity contribution < 1.29 is 41.8 Å². The van der Waals surface area contributed by atoms with E-state index in [4.69, 9.17) is 15.6 Å². The predicted octanol–water partition coefficient (Wildman–Crippen LogP) is -5.31. The van der Waals surface area contributed by atoms with Crippen molar-refractivity contribution in [3.63, 3.8) is 0 Å². The average molecular weight is 291 g/mol. The lowest BCUT2D eigenvalue weighted by Crippen LogP contribution is -3.00. The third-order valence-corrected chi connectivity index (χ3v) is 2.92. The Morgan fingerprint density at radius 2 is 2.11 bits per heavy atom. The van der Waals surface area contributed by atoms with Gasteiger partial charge in [-0.3, -0.25) is 4.79 Å². The molecule has 1 saturated heterocycles. The van der Waals surface area contributed by atoms with Crippen molar-refractivity contribution in [3.05, 3.63) is 30.1 Å². The van der Waals surface area contributed by atoms with Crippen molar-refractivity contribution in [2.24, 2.45) is 5.73 Å². The zero-order valence-electron chi connectivity index (χ0n) is 9.89. The van der Waals surface area contributed by atoms with Crippen LogP contribution in [0.1, 0.15) is 16.6 Å². The van der Waals surface area contributed by atoms with Gasteiger partial charge in [0.05, 0.1) is 6.61 Å². The minimum Gasteiger partial charge on any atom is -1.00 e. The molecule has 1 aliphatic rings. The summed E-state index contributed by atoms with van der Waals surface area (Å²) < 4.78 is 6.75. The fourth-order valence-electron chi connectivity index (χ4n) is 1.92. The van der Waals surface area contributed by atoms with Gasteiger partial charge >= 0.3 is 0 Å². The van der Waals surface area contributed by atoms with E-state index in [0.717, 1.165) is 0 Å². The molecule has 19 heavy (non-hydrogen) atoms. The number of nitrogens with zero attached hydrogens (tertiary/aromatic N) is 1. The molecule has 0 aromatic carbocycles. The molecule has 0 saturated carbocycles. The van der Waals surface area contributed by atoms with Crippen molar-refractivity contribution in [2.75, 3.05) is 6.61 Å². The normalized spacial score (nSPS) is 29.8. The highest BCUT2D eigenvalue weighted by atomic mass is 35.5. The summed E-state index contributed by atoms with van der Waals surface area (Å²) in [6.45, 7) is -0.398. The zero-order chi connectivity index (χ0) is 13.3. The van der Waals surface area contributed by atoms with Crippen molar-refractivity contribution in [3.8, 4) is 0 Å². The van der Waals surface area contributed by atoms with E-state index in [1.165, 1.54) is 16.8 Å². The number of aromatic nitrogens is 1. The molecule has 5 N–H and O–H groups in total. The zero-order valence-corrected chi connectivity index (χ0v) is 10.6. The minimum absolute atomic E-state index is 0. The number of ether oxygens (including phenoxy) is 1. The van der Waals surface area contributed by atoms with Gasteiger partial charge in [-0.15, -0.1) is 0 Å². The number of rotatable bonds is 3. The van der Waals surface area contributed by atoms with E-state index in [9.17, 15) is 15.0 Å². The predicted molar refractivity (Wildman–Crippen MR) is 58.2 cm³/mol. The van der Waals surface area contributed by atoms with Gasteiger partial charge in [-0.1, -0.05) is 0 Å². The van der Waals surface area contributed by atoms with Gasteiger partial charge in [0.25, 0.3) is 12.1 Å². The first-order valence-corrected chi connectivity index (χ1v) is 5.47. The fourth-order valence-corrected chi connectivity index (χ4v) is 1.92. The number of primary amides is 1. The summed E-state index contributed by atoms with van der Waals surface area (Å²) in [5, 5.41) is 28.4. The van der Waals surface area contributed by atoms with Crippen LogP contribution in [0.3, 0.4) is 0 Å². The van der Waals surface area contributed by atoms with E-state index in [0.29, 0.717) is 0 Å². The van der Waals surface area contributed by atoms with Crippen LogP contribution in [0, 0.1) is 0 Å². The lowest BCUT2D eigenvalue weighted by atomic mass is 10.1. The lowest BCUT2D eigenvalue weighted by molar-refractivity contribution is -0.765. The molecular weight excluding hydrogens is 276 g/mol. The second kappa shape index (κ2) is 6.27. The Morgan fingerprint density at radius 3 is 2.63 bits per heavy atom. The van der Waals surface area contributed by atoms with E-state index in [1.807, 2.05) is 0 Å². The largest absolute Gasteiger partial charge is 1.00 e. The third-order valence-electron chi connectivity index (χ3n) is 2.92. The number of pyridine rings is 1. The van der Waals surface area contributed by atoms with Gasteiger partial charge in [-0.25, -0.2) is 0 Å². The molecule has 0 bridgehead atoms. The summed E-state index contributed by atoms with van der Waals surface area (Å²) in [5.74, 6) is -0.601. The van der Waals surface area contributed by atoms with Gasteiger partial charge in [0.1, 0.15) is 17.8 Å². The molecular formula is C11H15ClN2O5. The van der Waals surface area contributed by atoms with E-state index in [-0.39, 0.29) is 18.0 Å². The molecule has 0 aliphatic carbocycles. The van der Waals surface area contributed by atoms with Crippen molar-refractivity contribution >= 4 is 5.91 Å². The molecule has 1 amide bonds. The average Bonchev–Trinajstić information content (AvgIpc) is 2.66. The molecule has 106 valence electrons. The van der Waals surface area contributed by atoms with Gasteiger partial charge in [0.2, 0.25) is 0 Å². The van der Waals surface area contributed by atoms with Gasteiger partial charge in [0.15, 0.2) is 18.5 Å². The van der Waals surface area contributed by atoms with Crippen LogP contribution in [0.5, 0.6) is 0 Å². The molecule has 0 spiro atoms. The van der Waals surface area contributed by atoms with Crippen LogP contribution in [-0.2, 0) is 4.74 Å². The Labute approximate surface area is 115 Å². The van der Waals surface area contributed by atoms with E-state index in [1.54, 1.807) is 12.3 Å². The second-order valence-corrected chi connectivity index (χ2v) is 4.13.